The van der Waals surface area contributed by atoms with Crippen LogP contribution in [0, 0.1) is 11.3 Å². The van der Waals surface area contributed by atoms with Gasteiger partial charge in [-0.1, -0.05) is 15.9 Å². The van der Waals surface area contributed by atoms with Gasteiger partial charge in [-0.3, -0.25) is 4.98 Å². The third-order valence-electron chi connectivity index (χ3n) is 2.20. The summed E-state index contributed by atoms with van der Waals surface area (Å²) in [5, 5.41) is 8.82. The predicted octanol–water partition coefficient (Wildman–Crippen LogP) is 3.29. The molecule has 0 aliphatic carbocycles. The van der Waals surface area contributed by atoms with Crippen LogP contribution in [0.1, 0.15) is 11.1 Å². The average molecular weight is 289 g/mol. The molecule has 0 amide bonds. The molecule has 0 saturated heterocycles. The number of nitriles is 1. The van der Waals surface area contributed by atoms with E-state index in [9.17, 15) is 0 Å². The van der Waals surface area contributed by atoms with Gasteiger partial charge >= 0.3 is 0 Å². The zero-order valence-electron chi connectivity index (χ0n) is 8.93. The van der Waals surface area contributed by atoms with Crippen molar-refractivity contribution >= 4 is 15.9 Å². The Bertz CT molecular complexity index is 549. The highest BCUT2D eigenvalue weighted by Gasteiger charge is 2.02. The van der Waals surface area contributed by atoms with E-state index >= 15 is 0 Å². The predicted molar refractivity (Wildman–Crippen MR) is 67.4 cm³/mol. The van der Waals surface area contributed by atoms with Gasteiger partial charge in [-0.05, 0) is 30.3 Å². The summed E-state index contributed by atoms with van der Waals surface area (Å²) in [4.78, 5) is 3.96. The van der Waals surface area contributed by atoms with Crippen LogP contribution < -0.4 is 4.74 Å². The van der Waals surface area contributed by atoms with Crippen LogP contribution in [0.3, 0.4) is 0 Å². The number of nitrogens with zero attached hydrogens (tertiary/aromatic N) is 2. The molecule has 2 aromatic rings. The summed E-state index contributed by atoms with van der Waals surface area (Å²) in [7, 11) is 0. The van der Waals surface area contributed by atoms with Crippen LogP contribution in [0.15, 0.2) is 47.2 Å². The Morgan fingerprint density at radius 1 is 1.35 bits per heavy atom. The first-order valence-electron chi connectivity index (χ1n) is 5.01. The molecule has 84 valence electrons. The molecule has 1 heterocycles. The molecule has 0 radical (unpaired) electrons. The van der Waals surface area contributed by atoms with Crippen molar-refractivity contribution < 1.29 is 4.74 Å². The molecule has 0 aliphatic rings. The van der Waals surface area contributed by atoms with E-state index in [-0.39, 0.29) is 0 Å². The molecule has 4 heteroatoms. The Labute approximate surface area is 108 Å². The number of ether oxygens (including phenoxy) is 1. The van der Waals surface area contributed by atoms with Crippen LogP contribution in [-0.4, -0.2) is 4.98 Å². The molecule has 1 aromatic carbocycles. The van der Waals surface area contributed by atoms with E-state index in [0.29, 0.717) is 17.9 Å². The Kier molecular flexibility index (Phi) is 3.73. The molecule has 2 rings (SSSR count). The van der Waals surface area contributed by atoms with E-state index in [4.69, 9.17) is 10.00 Å². The van der Waals surface area contributed by atoms with Crippen molar-refractivity contribution in [1.82, 2.24) is 4.98 Å². The molecule has 0 aliphatic heterocycles. The summed E-state index contributed by atoms with van der Waals surface area (Å²) in [6, 6.07) is 11.2. The van der Waals surface area contributed by atoms with E-state index in [1.165, 1.54) is 0 Å². The van der Waals surface area contributed by atoms with E-state index < -0.39 is 0 Å². The van der Waals surface area contributed by atoms with Gasteiger partial charge in [0.2, 0.25) is 0 Å². The van der Waals surface area contributed by atoms with Crippen LogP contribution in [-0.2, 0) is 6.61 Å². The molecular weight excluding hydrogens is 280 g/mol. The van der Waals surface area contributed by atoms with Gasteiger partial charge in [0.15, 0.2) is 0 Å². The van der Waals surface area contributed by atoms with Crippen LogP contribution in [0.2, 0.25) is 0 Å². The second-order valence-electron chi connectivity index (χ2n) is 3.40. The van der Waals surface area contributed by atoms with E-state index in [1.807, 2.05) is 18.2 Å². The van der Waals surface area contributed by atoms with Crippen LogP contribution in [0.25, 0.3) is 0 Å². The lowest BCUT2D eigenvalue weighted by atomic mass is 10.1. The van der Waals surface area contributed by atoms with Crippen molar-refractivity contribution in [2.24, 2.45) is 0 Å². The van der Waals surface area contributed by atoms with E-state index in [1.54, 1.807) is 24.5 Å². The first-order valence-corrected chi connectivity index (χ1v) is 5.80. The third kappa shape index (κ3) is 3.05. The van der Waals surface area contributed by atoms with E-state index in [2.05, 4.69) is 27.0 Å². The summed E-state index contributed by atoms with van der Waals surface area (Å²) in [5.74, 6) is 0.710. The van der Waals surface area contributed by atoms with Crippen molar-refractivity contribution in [1.29, 1.82) is 5.26 Å². The summed E-state index contributed by atoms with van der Waals surface area (Å²) in [6.07, 6.45) is 3.35. The van der Waals surface area contributed by atoms with Gasteiger partial charge in [-0.25, -0.2) is 0 Å². The van der Waals surface area contributed by atoms with Gasteiger partial charge in [0.05, 0.1) is 17.8 Å². The standard InChI is InChI=1S/C13H9BrN2O/c14-13-4-3-10(7-15)6-11(13)9-17-12-2-1-5-16-8-12/h1-6,8H,9H2. The summed E-state index contributed by atoms with van der Waals surface area (Å²) < 4.78 is 6.50. The molecule has 0 spiro atoms. The van der Waals surface area contributed by atoms with Crippen LogP contribution in [0.5, 0.6) is 5.75 Å². The topological polar surface area (TPSA) is 45.9 Å². The van der Waals surface area contributed by atoms with Crippen molar-refractivity contribution in [3.63, 3.8) is 0 Å². The number of hydrogen-bond donors (Lipinski definition) is 0. The van der Waals surface area contributed by atoms with Crippen LogP contribution in [0.4, 0.5) is 0 Å². The number of hydrogen-bond acceptors (Lipinski definition) is 3. The van der Waals surface area contributed by atoms with Gasteiger partial charge in [0.25, 0.3) is 0 Å². The minimum atomic E-state index is 0.405. The second kappa shape index (κ2) is 5.46. The zero-order valence-corrected chi connectivity index (χ0v) is 10.5. The Morgan fingerprint density at radius 2 is 2.24 bits per heavy atom. The fourth-order valence-electron chi connectivity index (χ4n) is 1.35. The molecule has 0 unspecified atom stereocenters. The first kappa shape index (κ1) is 11.6. The third-order valence-corrected chi connectivity index (χ3v) is 2.98. The summed E-state index contributed by atoms with van der Waals surface area (Å²) >= 11 is 3.43. The van der Waals surface area contributed by atoms with Gasteiger partial charge in [0.1, 0.15) is 12.4 Å². The molecule has 17 heavy (non-hydrogen) atoms. The van der Waals surface area contributed by atoms with Crippen molar-refractivity contribution in [2.45, 2.75) is 6.61 Å². The molecule has 1 aromatic heterocycles. The lowest BCUT2D eigenvalue weighted by Crippen LogP contribution is -1.97. The highest BCUT2D eigenvalue weighted by atomic mass is 79.9. The SMILES string of the molecule is N#Cc1ccc(Br)c(COc2cccnc2)c1. The van der Waals surface area contributed by atoms with Crippen molar-refractivity contribution in [2.75, 3.05) is 0 Å². The number of aromatic nitrogens is 1. The van der Waals surface area contributed by atoms with E-state index in [0.717, 1.165) is 10.0 Å². The highest BCUT2D eigenvalue weighted by Crippen LogP contribution is 2.20. The maximum absolute atomic E-state index is 8.82. The second-order valence-corrected chi connectivity index (χ2v) is 4.25. The Balaban J connectivity index is 2.12. The zero-order chi connectivity index (χ0) is 12.1. The number of rotatable bonds is 3. The monoisotopic (exact) mass is 288 g/mol. The van der Waals surface area contributed by atoms with Gasteiger partial charge in [-0.15, -0.1) is 0 Å². The van der Waals surface area contributed by atoms with Gasteiger partial charge < -0.3 is 4.74 Å². The summed E-state index contributed by atoms with van der Waals surface area (Å²) in [6.45, 7) is 0.405. The van der Waals surface area contributed by atoms with Gasteiger partial charge in [-0.2, -0.15) is 5.26 Å². The molecule has 0 fully saturated rings. The first-order chi connectivity index (χ1) is 8.29. The minimum absolute atomic E-state index is 0.405. The molecule has 0 N–H and O–H groups in total. The Morgan fingerprint density at radius 3 is 2.94 bits per heavy atom. The van der Waals surface area contributed by atoms with Gasteiger partial charge in [0, 0.05) is 16.2 Å². The quantitative estimate of drug-likeness (QED) is 0.871. The molecule has 0 saturated carbocycles. The minimum Gasteiger partial charge on any atom is -0.487 e. The Hall–Kier alpha value is -1.86. The smallest absolute Gasteiger partial charge is 0.138 e. The van der Waals surface area contributed by atoms with Crippen molar-refractivity contribution in [3.8, 4) is 11.8 Å². The van der Waals surface area contributed by atoms with Crippen molar-refractivity contribution in [3.05, 3.63) is 58.3 Å². The number of pyridine rings is 1. The fourth-order valence-corrected chi connectivity index (χ4v) is 1.71. The molecule has 3 nitrogen and oxygen atoms in total. The number of halogens is 1. The molecule has 0 bridgehead atoms. The maximum Gasteiger partial charge on any atom is 0.138 e. The summed E-state index contributed by atoms with van der Waals surface area (Å²) in [5.41, 5.74) is 1.56. The fraction of sp³-hybridized carbons (Fsp3) is 0.0769. The largest absolute Gasteiger partial charge is 0.487 e. The lowest BCUT2D eigenvalue weighted by Gasteiger charge is -2.07. The molecule has 0 atom stereocenters. The number of benzene rings is 1. The molecular formula is C13H9BrN2O. The highest BCUT2D eigenvalue weighted by molar-refractivity contribution is 9.10. The maximum atomic E-state index is 8.82. The van der Waals surface area contributed by atoms with Crippen LogP contribution >= 0.6 is 15.9 Å². The normalized spacial score (nSPS) is 9.65. The lowest BCUT2D eigenvalue weighted by molar-refractivity contribution is 0.304. The average Bonchev–Trinajstić information content (AvgIpc) is 2.39.